The lowest BCUT2D eigenvalue weighted by molar-refractivity contribution is -0.142. The predicted molar refractivity (Wildman–Crippen MR) is 89.3 cm³/mol. The van der Waals surface area contributed by atoms with Crippen molar-refractivity contribution in [2.24, 2.45) is 0 Å². The fraction of sp³-hybridized carbons (Fsp3) is 0.400. The normalized spacial score (nSPS) is 10.7. The van der Waals surface area contributed by atoms with Gasteiger partial charge in [-0.25, -0.2) is 9.67 Å². The molecule has 0 radical (unpaired) electrons. The summed E-state index contributed by atoms with van der Waals surface area (Å²) in [7, 11) is 0. The molecule has 0 spiro atoms. The molecular weight excluding hydrogens is 332 g/mol. The van der Waals surface area contributed by atoms with Crippen LogP contribution in [0.3, 0.4) is 0 Å². The Bertz CT molecular complexity index is 797. The molecule has 0 aliphatic heterocycles. The molecule has 2 aromatic rings. The Labute approximate surface area is 142 Å². The molecule has 8 nitrogen and oxygen atoms in total. The van der Waals surface area contributed by atoms with Crippen LogP contribution in [0.25, 0.3) is 0 Å². The van der Waals surface area contributed by atoms with Gasteiger partial charge < -0.3 is 4.74 Å². The molecule has 0 aliphatic rings. The maximum atomic E-state index is 12.2. The van der Waals surface area contributed by atoms with Gasteiger partial charge in [-0.1, -0.05) is 0 Å². The van der Waals surface area contributed by atoms with Gasteiger partial charge in [0.05, 0.1) is 24.8 Å². The zero-order chi connectivity index (χ0) is 17.7. The summed E-state index contributed by atoms with van der Waals surface area (Å²) < 4.78 is 6.09. The van der Waals surface area contributed by atoms with Crippen LogP contribution in [0.2, 0.25) is 0 Å². The number of nitrogens with zero attached hydrogens (tertiary/aromatic N) is 3. The molecule has 0 unspecified atom stereocenters. The van der Waals surface area contributed by atoms with Crippen molar-refractivity contribution in [3.05, 3.63) is 39.3 Å². The van der Waals surface area contributed by atoms with Crippen LogP contribution in [0.4, 0.5) is 5.13 Å². The summed E-state index contributed by atoms with van der Waals surface area (Å²) in [6.07, 6.45) is 0.0523. The van der Waals surface area contributed by atoms with Gasteiger partial charge in [0.25, 0.3) is 11.5 Å². The number of aromatic nitrogens is 3. The van der Waals surface area contributed by atoms with Crippen molar-refractivity contribution in [2.45, 2.75) is 33.2 Å². The maximum absolute atomic E-state index is 12.2. The number of carbonyl (C=O) groups excluding carboxylic acids is 2. The molecule has 0 fully saturated rings. The summed E-state index contributed by atoms with van der Waals surface area (Å²) >= 11 is 1.20. The Morgan fingerprint density at radius 3 is 2.79 bits per heavy atom. The van der Waals surface area contributed by atoms with E-state index in [1.54, 1.807) is 26.2 Å². The maximum Gasteiger partial charge on any atom is 0.311 e. The molecule has 1 amide bonds. The van der Waals surface area contributed by atoms with E-state index in [0.717, 1.165) is 0 Å². The van der Waals surface area contributed by atoms with Crippen LogP contribution >= 0.6 is 11.3 Å². The molecule has 0 atom stereocenters. The molecule has 9 heteroatoms. The Balaban J connectivity index is 2.08. The molecule has 0 aliphatic carbocycles. The number of esters is 1. The second-order valence-electron chi connectivity index (χ2n) is 5.18. The minimum atomic E-state index is -0.471. The van der Waals surface area contributed by atoms with Gasteiger partial charge in [-0.15, -0.1) is 11.3 Å². The van der Waals surface area contributed by atoms with Crippen molar-refractivity contribution < 1.29 is 14.3 Å². The number of nitrogens with one attached hydrogen (secondary N) is 1. The van der Waals surface area contributed by atoms with E-state index in [-0.39, 0.29) is 29.7 Å². The standard InChI is InChI=1S/C15H18N4O4S/c1-4-23-13(21)7-10-8-24-15(16-10)17-14(22)11-5-6-12(20)19(18-11)9(2)3/h5-6,8-9H,4,7H2,1-3H3,(H,16,17,22). The number of ether oxygens (including phenoxy) is 1. The monoisotopic (exact) mass is 350 g/mol. The number of hydrogen-bond donors (Lipinski definition) is 1. The zero-order valence-corrected chi connectivity index (χ0v) is 14.4. The summed E-state index contributed by atoms with van der Waals surface area (Å²) in [6.45, 7) is 5.65. The van der Waals surface area contributed by atoms with Crippen LogP contribution in [0, 0.1) is 0 Å². The van der Waals surface area contributed by atoms with Crippen molar-refractivity contribution in [1.82, 2.24) is 14.8 Å². The Morgan fingerprint density at radius 1 is 1.38 bits per heavy atom. The summed E-state index contributed by atoms with van der Waals surface area (Å²) in [4.78, 5) is 39.5. The van der Waals surface area contributed by atoms with Crippen LogP contribution < -0.4 is 10.9 Å². The van der Waals surface area contributed by atoms with E-state index in [1.165, 1.54) is 28.2 Å². The van der Waals surface area contributed by atoms with Crippen molar-refractivity contribution in [2.75, 3.05) is 11.9 Å². The molecule has 2 rings (SSSR count). The Kier molecular flexibility index (Phi) is 5.80. The van der Waals surface area contributed by atoms with Gasteiger partial charge in [-0.3, -0.25) is 19.7 Å². The lowest BCUT2D eigenvalue weighted by atomic mass is 10.3. The fourth-order valence-corrected chi connectivity index (χ4v) is 2.59. The number of rotatable bonds is 6. The van der Waals surface area contributed by atoms with E-state index in [1.807, 2.05) is 0 Å². The zero-order valence-electron chi connectivity index (χ0n) is 13.6. The largest absolute Gasteiger partial charge is 0.466 e. The predicted octanol–water partition coefficient (Wildman–Crippen LogP) is 1.64. The lowest BCUT2D eigenvalue weighted by Gasteiger charge is -2.09. The summed E-state index contributed by atoms with van der Waals surface area (Å²) in [6, 6.07) is 2.51. The van der Waals surface area contributed by atoms with Gasteiger partial charge in [0, 0.05) is 11.4 Å². The van der Waals surface area contributed by atoms with Gasteiger partial charge in [-0.05, 0) is 26.8 Å². The highest BCUT2D eigenvalue weighted by Crippen LogP contribution is 2.17. The number of carbonyl (C=O) groups is 2. The van der Waals surface area contributed by atoms with E-state index >= 15 is 0 Å². The molecule has 24 heavy (non-hydrogen) atoms. The highest BCUT2D eigenvalue weighted by molar-refractivity contribution is 7.14. The first kappa shape index (κ1) is 17.8. The van der Waals surface area contributed by atoms with Gasteiger partial charge in [-0.2, -0.15) is 5.10 Å². The second kappa shape index (κ2) is 7.82. The molecular formula is C15H18N4O4S. The van der Waals surface area contributed by atoms with Crippen molar-refractivity contribution in [3.63, 3.8) is 0 Å². The van der Waals surface area contributed by atoms with Crippen LogP contribution in [0.15, 0.2) is 22.3 Å². The van der Waals surface area contributed by atoms with Crippen LogP contribution in [0.1, 0.15) is 43.0 Å². The van der Waals surface area contributed by atoms with E-state index in [2.05, 4.69) is 15.4 Å². The molecule has 1 N–H and O–H groups in total. The van der Waals surface area contributed by atoms with Crippen LogP contribution in [-0.4, -0.2) is 33.2 Å². The first-order chi connectivity index (χ1) is 11.4. The highest BCUT2D eigenvalue weighted by Gasteiger charge is 2.14. The number of amides is 1. The van der Waals surface area contributed by atoms with Crippen LogP contribution in [-0.2, 0) is 16.0 Å². The van der Waals surface area contributed by atoms with E-state index in [9.17, 15) is 14.4 Å². The van der Waals surface area contributed by atoms with Gasteiger partial charge in [0.15, 0.2) is 5.13 Å². The molecule has 0 bridgehead atoms. The van der Waals surface area contributed by atoms with Crippen molar-refractivity contribution in [3.8, 4) is 0 Å². The third kappa shape index (κ3) is 4.48. The lowest BCUT2D eigenvalue weighted by Crippen LogP contribution is -2.27. The summed E-state index contributed by atoms with van der Waals surface area (Å²) in [5.41, 5.74) is 0.367. The molecule has 2 heterocycles. The third-order valence-electron chi connectivity index (χ3n) is 2.95. The molecule has 0 saturated carbocycles. The quantitative estimate of drug-likeness (QED) is 0.795. The molecule has 2 aromatic heterocycles. The smallest absolute Gasteiger partial charge is 0.311 e. The number of hydrogen-bond acceptors (Lipinski definition) is 7. The number of anilines is 1. The van der Waals surface area contributed by atoms with Crippen LogP contribution in [0.5, 0.6) is 0 Å². The second-order valence-corrected chi connectivity index (χ2v) is 6.03. The first-order valence-electron chi connectivity index (χ1n) is 7.42. The first-order valence-corrected chi connectivity index (χ1v) is 8.30. The molecule has 128 valence electrons. The highest BCUT2D eigenvalue weighted by atomic mass is 32.1. The minimum Gasteiger partial charge on any atom is -0.466 e. The van der Waals surface area contributed by atoms with Crippen molar-refractivity contribution >= 4 is 28.3 Å². The summed E-state index contributed by atoms with van der Waals surface area (Å²) in [5, 5.41) is 8.68. The van der Waals surface area contributed by atoms with Crippen molar-refractivity contribution in [1.29, 1.82) is 0 Å². The minimum absolute atomic E-state index is 0.0523. The van der Waals surface area contributed by atoms with E-state index < -0.39 is 5.91 Å². The average molecular weight is 350 g/mol. The Hall–Kier alpha value is -2.55. The topological polar surface area (TPSA) is 103 Å². The third-order valence-corrected chi connectivity index (χ3v) is 3.76. The molecule has 0 aromatic carbocycles. The Morgan fingerprint density at radius 2 is 2.12 bits per heavy atom. The average Bonchev–Trinajstić information content (AvgIpc) is 2.94. The van der Waals surface area contributed by atoms with E-state index in [4.69, 9.17) is 4.74 Å². The SMILES string of the molecule is CCOC(=O)Cc1csc(NC(=O)c2ccc(=O)n(C(C)C)n2)n1. The van der Waals surface area contributed by atoms with Gasteiger partial charge in [0.2, 0.25) is 0 Å². The van der Waals surface area contributed by atoms with E-state index in [0.29, 0.717) is 17.4 Å². The fourth-order valence-electron chi connectivity index (χ4n) is 1.88. The number of thiazole rings is 1. The van der Waals surface area contributed by atoms with Gasteiger partial charge in [0.1, 0.15) is 5.69 Å². The summed E-state index contributed by atoms with van der Waals surface area (Å²) in [5.74, 6) is -0.840. The molecule has 0 saturated heterocycles. The van der Waals surface area contributed by atoms with Gasteiger partial charge >= 0.3 is 5.97 Å².